The van der Waals surface area contributed by atoms with Gasteiger partial charge in [-0.2, -0.15) is 0 Å². The molecule has 0 N–H and O–H groups in total. The molecule has 4 aliphatic rings. The second kappa shape index (κ2) is 4.45. The van der Waals surface area contributed by atoms with Gasteiger partial charge in [0, 0.05) is 11.8 Å². The van der Waals surface area contributed by atoms with E-state index in [0.29, 0.717) is 35.2 Å². The van der Waals surface area contributed by atoms with Gasteiger partial charge in [0.1, 0.15) is 0 Å². The predicted octanol–water partition coefficient (Wildman–Crippen LogP) is 3.87. The Morgan fingerprint density at radius 2 is 1.13 bits per heavy atom. The van der Waals surface area contributed by atoms with Gasteiger partial charge < -0.3 is 0 Å². The molecular weight excluding hydrogens is 316 g/mol. The molecule has 0 aromatic rings. The number of ketones is 2. The van der Waals surface area contributed by atoms with Crippen molar-refractivity contribution in [2.45, 2.75) is 45.7 Å². The van der Waals surface area contributed by atoms with E-state index in [-0.39, 0.29) is 11.8 Å². The molecule has 0 amide bonds. The molecule has 6 atom stereocenters. The van der Waals surface area contributed by atoms with E-state index in [1.165, 1.54) is 0 Å². The summed E-state index contributed by atoms with van der Waals surface area (Å²) in [6.45, 7) is 13.6. The third kappa shape index (κ3) is 1.97. The SMILES string of the molecule is C[Si](C)(C)C1=C[C@H]2C3CC([C@H]2C1=O)[C@@H]1C(=O)C([Si](C)(C)C)=C[C@H]31. The van der Waals surface area contributed by atoms with E-state index in [1.54, 1.807) is 0 Å². The van der Waals surface area contributed by atoms with Gasteiger partial charge in [-0.15, -0.1) is 0 Å². The zero-order valence-electron chi connectivity index (χ0n) is 15.1. The van der Waals surface area contributed by atoms with Crippen LogP contribution in [0.4, 0.5) is 0 Å². The molecule has 124 valence electrons. The van der Waals surface area contributed by atoms with Crippen LogP contribution in [-0.2, 0) is 9.59 Å². The average Bonchev–Trinajstić information content (AvgIpc) is 3.06. The predicted molar refractivity (Wildman–Crippen MR) is 98.4 cm³/mol. The molecule has 4 rings (SSSR count). The van der Waals surface area contributed by atoms with Crippen LogP contribution >= 0.6 is 0 Å². The molecule has 0 radical (unpaired) electrons. The first kappa shape index (κ1) is 15.8. The Hall–Kier alpha value is -0.746. The number of allylic oxidation sites excluding steroid dienone is 4. The molecule has 2 saturated carbocycles. The minimum absolute atomic E-state index is 0.140. The molecule has 2 bridgehead atoms. The number of hydrogen-bond acceptors (Lipinski definition) is 2. The summed E-state index contributed by atoms with van der Waals surface area (Å²) >= 11 is 0. The van der Waals surface area contributed by atoms with Crippen molar-refractivity contribution in [3.05, 3.63) is 22.5 Å². The van der Waals surface area contributed by atoms with Crippen LogP contribution in [0.2, 0.25) is 39.3 Å². The molecule has 0 aromatic heterocycles. The highest BCUT2D eigenvalue weighted by Crippen LogP contribution is 2.65. The largest absolute Gasteiger partial charge is 0.295 e. The lowest BCUT2D eigenvalue weighted by Crippen LogP contribution is -2.39. The number of carbonyl (C=O) groups excluding carboxylic acids is 2. The Kier molecular flexibility index (Phi) is 3.05. The van der Waals surface area contributed by atoms with Crippen LogP contribution in [0.15, 0.2) is 22.5 Å². The molecule has 2 nitrogen and oxygen atoms in total. The van der Waals surface area contributed by atoms with Crippen LogP contribution in [-0.4, -0.2) is 27.7 Å². The normalized spacial score (nSPS) is 42.0. The summed E-state index contributed by atoms with van der Waals surface area (Å²) in [6, 6.07) is 0. The Morgan fingerprint density at radius 1 is 0.739 bits per heavy atom. The van der Waals surface area contributed by atoms with Crippen molar-refractivity contribution in [2.75, 3.05) is 0 Å². The summed E-state index contributed by atoms with van der Waals surface area (Å²) in [7, 11) is -3.13. The molecule has 23 heavy (non-hydrogen) atoms. The van der Waals surface area contributed by atoms with E-state index < -0.39 is 16.1 Å². The van der Waals surface area contributed by atoms with Gasteiger partial charge in [-0.3, -0.25) is 9.59 Å². The number of carbonyl (C=O) groups is 2. The maximum absolute atomic E-state index is 13.0. The van der Waals surface area contributed by atoms with Gasteiger partial charge in [0.05, 0.1) is 16.1 Å². The Labute approximate surface area is 141 Å². The quantitative estimate of drug-likeness (QED) is 0.713. The minimum atomic E-state index is -1.56. The highest BCUT2D eigenvalue weighted by atomic mass is 28.3. The van der Waals surface area contributed by atoms with Crippen LogP contribution in [0, 0.1) is 35.5 Å². The van der Waals surface area contributed by atoms with E-state index >= 15 is 0 Å². The number of Topliss-reactive ketones (excluding diaryl/α,β-unsaturated/α-hetero) is 2. The maximum Gasteiger partial charge on any atom is 0.158 e. The van der Waals surface area contributed by atoms with E-state index in [2.05, 4.69) is 51.4 Å². The molecule has 2 unspecified atom stereocenters. The fourth-order valence-corrected chi connectivity index (χ4v) is 9.04. The zero-order chi connectivity index (χ0) is 16.9. The van der Waals surface area contributed by atoms with Crippen molar-refractivity contribution < 1.29 is 9.59 Å². The standard InChI is InChI=1S/C19H28O2Si2/c1-22(2,3)14-8-11-10-7-13(16(11)18(14)20)17-12(10)9-15(19(17)21)23(4,5)6/h8-13,16-17H,7H2,1-6H3/t10?,11-,12+,13?,16-,17+. The average molecular weight is 345 g/mol. The highest BCUT2D eigenvalue weighted by Gasteiger charge is 2.65. The van der Waals surface area contributed by atoms with E-state index in [4.69, 9.17) is 0 Å². The lowest BCUT2D eigenvalue weighted by molar-refractivity contribution is -0.125. The lowest BCUT2D eigenvalue weighted by atomic mass is 9.70. The molecule has 0 aliphatic heterocycles. The summed E-state index contributed by atoms with van der Waals surface area (Å²) in [4.78, 5) is 26.1. The smallest absolute Gasteiger partial charge is 0.158 e. The van der Waals surface area contributed by atoms with Gasteiger partial charge in [-0.05, 0) is 40.5 Å². The first-order valence-electron chi connectivity index (χ1n) is 9.05. The summed E-state index contributed by atoms with van der Waals surface area (Å²) in [5, 5.41) is 2.31. The molecular formula is C19H28O2Si2. The second-order valence-corrected chi connectivity index (χ2v) is 20.2. The van der Waals surface area contributed by atoms with Crippen molar-refractivity contribution in [1.29, 1.82) is 0 Å². The van der Waals surface area contributed by atoms with Gasteiger partial charge in [0.2, 0.25) is 0 Å². The molecule has 0 spiro atoms. The fourth-order valence-electron chi connectivity index (χ4n) is 5.85. The summed E-state index contributed by atoms with van der Waals surface area (Å²) < 4.78 is 0. The molecule has 0 heterocycles. The van der Waals surface area contributed by atoms with Crippen molar-refractivity contribution in [3.63, 3.8) is 0 Å². The third-order valence-corrected chi connectivity index (χ3v) is 10.8. The van der Waals surface area contributed by atoms with E-state index in [9.17, 15) is 9.59 Å². The van der Waals surface area contributed by atoms with E-state index in [0.717, 1.165) is 16.8 Å². The number of hydrogen-bond donors (Lipinski definition) is 0. The van der Waals surface area contributed by atoms with Gasteiger partial charge in [0.25, 0.3) is 0 Å². The monoisotopic (exact) mass is 344 g/mol. The van der Waals surface area contributed by atoms with Crippen LogP contribution in [0.5, 0.6) is 0 Å². The lowest BCUT2D eigenvalue weighted by Gasteiger charge is -2.32. The van der Waals surface area contributed by atoms with Crippen LogP contribution in [0.25, 0.3) is 0 Å². The van der Waals surface area contributed by atoms with Crippen LogP contribution < -0.4 is 0 Å². The zero-order valence-corrected chi connectivity index (χ0v) is 17.1. The number of fused-ring (bicyclic) bond motifs is 8. The van der Waals surface area contributed by atoms with Crippen molar-refractivity contribution in [2.24, 2.45) is 35.5 Å². The summed E-state index contributed by atoms with van der Waals surface area (Å²) in [6.07, 6.45) is 5.81. The molecule has 0 aromatic carbocycles. The fraction of sp³-hybridized carbons (Fsp3) is 0.684. The third-order valence-electron chi connectivity index (χ3n) is 6.76. The second-order valence-electron chi connectivity index (χ2n) is 10.2. The van der Waals surface area contributed by atoms with Crippen molar-refractivity contribution in [3.8, 4) is 0 Å². The molecule has 4 aliphatic carbocycles. The Morgan fingerprint density at radius 3 is 1.48 bits per heavy atom. The molecule has 2 fully saturated rings. The summed E-state index contributed by atoms with van der Waals surface area (Å²) in [5.41, 5.74) is 0. The van der Waals surface area contributed by atoms with Gasteiger partial charge in [-0.1, -0.05) is 51.4 Å². The van der Waals surface area contributed by atoms with Crippen molar-refractivity contribution in [1.82, 2.24) is 0 Å². The van der Waals surface area contributed by atoms with Gasteiger partial charge >= 0.3 is 0 Å². The van der Waals surface area contributed by atoms with Gasteiger partial charge in [-0.25, -0.2) is 0 Å². The van der Waals surface area contributed by atoms with Crippen LogP contribution in [0.1, 0.15) is 6.42 Å². The summed E-state index contributed by atoms with van der Waals surface area (Å²) in [5.74, 6) is 2.84. The Bertz CT molecular complexity index is 618. The first-order valence-corrected chi connectivity index (χ1v) is 16.0. The molecule has 0 saturated heterocycles. The van der Waals surface area contributed by atoms with Gasteiger partial charge in [0.15, 0.2) is 11.6 Å². The minimum Gasteiger partial charge on any atom is -0.295 e. The van der Waals surface area contributed by atoms with Crippen molar-refractivity contribution >= 4 is 27.7 Å². The first-order chi connectivity index (χ1) is 10.5. The maximum atomic E-state index is 13.0. The van der Waals surface area contributed by atoms with Crippen LogP contribution in [0.3, 0.4) is 0 Å². The van der Waals surface area contributed by atoms with E-state index in [1.807, 2.05) is 0 Å². The highest BCUT2D eigenvalue weighted by molar-refractivity contribution is 6.88. The topological polar surface area (TPSA) is 34.1 Å². The number of rotatable bonds is 2. The molecule has 4 heteroatoms. The Balaban J connectivity index is 1.72.